The summed E-state index contributed by atoms with van der Waals surface area (Å²) in [6.45, 7) is 2.27. The fourth-order valence-electron chi connectivity index (χ4n) is 1.83. The minimum atomic E-state index is -0.401. The van der Waals surface area contributed by atoms with E-state index in [9.17, 15) is 4.79 Å². The average Bonchev–Trinajstić information content (AvgIpc) is 2.99. The summed E-state index contributed by atoms with van der Waals surface area (Å²) in [4.78, 5) is 24.4. The number of aryl methyl sites for hydroxylation is 1. The van der Waals surface area contributed by atoms with Crippen LogP contribution in [-0.2, 0) is 6.54 Å². The van der Waals surface area contributed by atoms with Crippen LogP contribution >= 0.6 is 0 Å². The van der Waals surface area contributed by atoms with Crippen LogP contribution in [-0.4, -0.2) is 26.0 Å². The SMILES string of the molecule is Cc1cc(NC(=O)c2cnc(NCc3ccccn3)cn2)no1. The zero-order valence-corrected chi connectivity index (χ0v) is 12.4. The number of anilines is 2. The molecule has 0 fully saturated rings. The van der Waals surface area contributed by atoms with Crippen LogP contribution in [0, 0.1) is 6.92 Å². The summed E-state index contributed by atoms with van der Waals surface area (Å²) >= 11 is 0. The second-order valence-electron chi connectivity index (χ2n) is 4.74. The molecule has 0 aromatic carbocycles. The monoisotopic (exact) mass is 310 g/mol. The molecule has 1 amide bonds. The Labute approximate surface area is 132 Å². The van der Waals surface area contributed by atoms with Gasteiger partial charge in [0.1, 0.15) is 17.3 Å². The van der Waals surface area contributed by atoms with Gasteiger partial charge in [0.25, 0.3) is 5.91 Å². The number of pyridine rings is 1. The van der Waals surface area contributed by atoms with Crippen molar-refractivity contribution in [1.29, 1.82) is 0 Å². The van der Waals surface area contributed by atoms with Crippen LogP contribution < -0.4 is 10.6 Å². The van der Waals surface area contributed by atoms with Gasteiger partial charge in [-0.2, -0.15) is 0 Å². The van der Waals surface area contributed by atoms with Crippen LogP contribution in [0.2, 0.25) is 0 Å². The predicted octanol–water partition coefficient (Wildman–Crippen LogP) is 2.03. The summed E-state index contributed by atoms with van der Waals surface area (Å²) in [6, 6.07) is 7.29. The maximum atomic E-state index is 12.0. The quantitative estimate of drug-likeness (QED) is 0.742. The first-order valence-corrected chi connectivity index (χ1v) is 6.91. The summed E-state index contributed by atoms with van der Waals surface area (Å²) in [5.74, 6) is 1.11. The Hall–Kier alpha value is -3.29. The van der Waals surface area contributed by atoms with E-state index in [4.69, 9.17) is 4.52 Å². The first-order chi connectivity index (χ1) is 11.2. The molecule has 0 unspecified atom stereocenters. The third-order valence-electron chi connectivity index (χ3n) is 2.93. The Morgan fingerprint density at radius 2 is 2.09 bits per heavy atom. The molecule has 3 rings (SSSR count). The molecular formula is C15H14N6O2. The van der Waals surface area contributed by atoms with Crippen LogP contribution in [0.4, 0.5) is 11.6 Å². The van der Waals surface area contributed by atoms with Crippen molar-refractivity contribution in [2.24, 2.45) is 0 Å². The standard InChI is InChI=1S/C15H14N6O2/c1-10-6-13(21-23-10)20-15(22)12-8-19-14(9-17-12)18-7-11-4-2-3-5-16-11/h2-6,8-9H,7H2,1H3,(H,18,19)(H,20,21,22). The van der Waals surface area contributed by atoms with E-state index in [1.807, 2.05) is 18.2 Å². The highest BCUT2D eigenvalue weighted by Gasteiger charge is 2.10. The van der Waals surface area contributed by atoms with Gasteiger partial charge in [0.05, 0.1) is 24.6 Å². The van der Waals surface area contributed by atoms with Crippen molar-refractivity contribution in [3.05, 3.63) is 60.0 Å². The van der Waals surface area contributed by atoms with Gasteiger partial charge in [-0.05, 0) is 19.1 Å². The Morgan fingerprint density at radius 3 is 2.74 bits per heavy atom. The number of nitrogens with one attached hydrogen (secondary N) is 2. The van der Waals surface area contributed by atoms with Crippen LogP contribution in [0.1, 0.15) is 21.9 Å². The lowest BCUT2D eigenvalue weighted by atomic mass is 10.3. The van der Waals surface area contributed by atoms with Crippen LogP contribution in [0.5, 0.6) is 0 Å². The number of hydrogen-bond acceptors (Lipinski definition) is 7. The molecule has 0 saturated heterocycles. The maximum Gasteiger partial charge on any atom is 0.277 e. The zero-order chi connectivity index (χ0) is 16.1. The van der Waals surface area contributed by atoms with Gasteiger partial charge in [-0.25, -0.2) is 9.97 Å². The van der Waals surface area contributed by atoms with Gasteiger partial charge in [0.2, 0.25) is 0 Å². The molecule has 2 N–H and O–H groups in total. The highest BCUT2D eigenvalue weighted by Crippen LogP contribution is 2.09. The van der Waals surface area contributed by atoms with Crippen LogP contribution in [0.15, 0.2) is 47.4 Å². The first-order valence-electron chi connectivity index (χ1n) is 6.91. The fourth-order valence-corrected chi connectivity index (χ4v) is 1.83. The molecule has 8 heteroatoms. The highest BCUT2D eigenvalue weighted by atomic mass is 16.5. The van der Waals surface area contributed by atoms with Crippen molar-refractivity contribution >= 4 is 17.5 Å². The number of nitrogens with zero attached hydrogens (tertiary/aromatic N) is 4. The van der Waals surface area contributed by atoms with E-state index >= 15 is 0 Å². The van der Waals surface area contributed by atoms with Gasteiger partial charge in [-0.3, -0.25) is 9.78 Å². The lowest BCUT2D eigenvalue weighted by Gasteiger charge is -2.05. The minimum absolute atomic E-state index is 0.189. The van der Waals surface area contributed by atoms with Gasteiger partial charge < -0.3 is 15.2 Å². The molecule has 0 aliphatic heterocycles. The van der Waals surface area contributed by atoms with Crippen molar-refractivity contribution in [3.63, 3.8) is 0 Å². The molecule has 8 nitrogen and oxygen atoms in total. The number of rotatable bonds is 5. The van der Waals surface area contributed by atoms with Crippen molar-refractivity contribution in [3.8, 4) is 0 Å². The number of aromatic nitrogens is 4. The normalized spacial score (nSPS) is 10.3. The Balaban J connectivity index is 1.59. The molecule has 116 valence electrons. The van der Waals surface area contributed by atoms with Crippen molar-refractivity contribution in [2.75, 3.05) is 10.6 Å². The zero-order valence-electron chi connectivity index (χ0n) is 12.4. The molecule has 23 heavy (non-hydrogen) atoms. The summed E-state index contributed by atoms with van der Waals surface area (Å²) in [5, 5.41) is 9.35. The Bertz CT molecular complexity index is 785. The highest BCUT2D eigenvalue weighted by molar-refractivity contribution is 6.02. The van der Waals surface area contributed by atoms with Crippen molar-refractivity contribution in [2.45, 2.75) is 13.5 Å². The third-order valence-corrected chi connectivity index (χ3v) is 2.93. The van der Waals surface area contributed by atoms with Gasteiger partial charge in [0.15, 0.2) is 5.82 Å². The Morgan fingerprint density at radius 1 is 1.17 bits per heavy atom. The second kappa shape index (κ2) is 6.65. The molecule has 0 radical (unpaired) electrons. The summed E-state index contributed by atoms with van der Waals surface area (Å²) < 4.78 is 4.88. The topological polar surface area (TPSA) is 106 Å². The Kier molecular flexibility index (Phi) is 4.23. The van der Waals surface area contributed by atoms with Crippen LogP contribution in [0.25, 0.3) is 0 Å². The molecule has 0 aliphatic rings. The summed E-state index contributed by atoms with van der Waals surface area (Å²) in [5.41, 5.74) is 1.08. The summed E-state index contributed by atoms with van der Waals surface area (Å²) in [7, 11) is 0. The van der Waals surface area contributed by atoms with Gasteiger partial charge in [-0.15, -0.1) is 0 Å². The molecule has 3 aromatic rings. The molecule has 3 aromatic heterocycles. The van der Waals surface area contributed by atoms with Crippen LogP contribution in [0.3, 0.4) is 0 Å². The molecule has 3 heterocycles. The molecule has 0 spiro atoms. The smallest absolute Gasteiger partial charge is 0.277 e. The van der Waals surface area contributed by atoms with Crippen molar-refractivity contribution in [1.82, 2.24) is 20.1 Å². The number of carbonyl (C=O) groups excluding carboxylic acids is 1. The molecule has 0 bridgehead atoms. The van der Waals surface area contributed by atoms with E-state index in [1.165, 1.54) is 12.4 Å². The molecule has 0 atom stereocenters. The lowest BCUT2D eigenvalue weighted by molar-refractivity contribution is 0.102. The first kappa shape index (κ1) is 14.6. The van der Waals surface area contributed by atoms with E-state index < -0.39 is 5.91 Å². The van der Waals surface area contributed by atoms with E-state index in [-0.39, 0.29) is 5.69 Å². The van der Waals surface area contributed by atoms with Gasteiger partial charge in [0, 0.05) is 12.3 Å². The second-order valence-corrected chi connectivity index (χ2v) is 4.74. The van der Waals surface area contributed by atoms with Gasteiger partial charge in [-0.1, -0.05) is 11.2 Å². The lowest BCUT2D eigenvalue weighted by Crippen LogP contribution is -2.14. The van der Waals surface area contributed by atoms with E-state index in [2.05, 4.69) is 30.7 Å². The molecule has 0 aliphatic carbocycles. The number of hydrogen-bond donors (Lipinski definition) is 2. The van der Waals surface area contributed by atoms with E-state index in [0.29, 0.717) is 23.9 Å². The van der Waals surface area contributed by atoms with Gasteiger partial charge >= 0.3 is 0 Å². The predicted molar refractivity (Wildman–Crippen MR) is 82.8 cm³/mol. The summed E-state index contributed by atoms with van der Waals surface area (Å²) in [6.07, 6.45) is 4.61. The molecule has 0 saturated carbocycles. The number of carbonyl (C=O) groups is 1. The third kappa shape index (κ3) is 3.88. The average molecular weight is 310 g/mol. The minimum Gasteiger partial charge on any atom is -0.363 e. The largest absolute Gasteiger partial charge is 0.363 e. The van der Waals surface area contributed by atoms with E-state index in [0.717, 1.165) is 5.69 Å². The van der Waals surface area contributed by atoms with Crippen molar-refractivity contribution < 1.29 is 9.32 Å². The number of amides is 1. The van der Waals surface area contributed by atoms with E-state index in [1.54, 1.807) is 19.2 Å². The molecular weight excluding hydrogens is 296 g/mol. The maximum absolute atomic E-state index is 12.0. The fraction of sp³-hybridized carbons (Fsp3) is 0.133.